The Labute approximate surface area is 208 Å². The van der Waals surface area contributed by atoms with Crippen molar-refractivity contribution in [3.8, 4) is 0 Å². The smallest absolute Gasteiger partial charge is 0.265 e. The largest absolute Gasteiger partial charge is 0.298 e. The molecular formula is C22H14Cl3NO5S2. The molecule has 4 rings (SSSR count). The second-order valence-electron chi connectivity index (χ2n) is 7.33. The predicted octanol–water partition coefficient (Wildman–Crippen LogP) is 5.02. The summed E-state index contributed by atoms with van der Waals surface area (Å²) in [6, 6.07) is 12.0. The highest BCUT2D eigenvalue weighted by Gasteiger charge is 2.33. The number of ketones is 1. The van der Waals surface area contributed by atoms with Crippen LogP contribution in [0, 0.1) is 0 Å². The summed E-state index contributed by atoms with van der Waals surface area (Å²) in [6.45, 7) is 0. The molecule has 0 bridgehead atoms. The lowest BCUT2D eigenvalue weighted by Gasteiger charge is -2.27. The number of carbonyl (C=O) groups excluding carboxylic acids is 3. The molecule has 0 aliphatic carbocycles. The number of benzene rings is 2. The molecule has 2 aromatic carbocycles. The van der Waals surface area contributed by atoms with E-state index in [1.807, 2.05) is 0 Å². The van der Waals surface area contributed by atoms with E-state index in [-0.39, 0.29) is 27.8 Å². The van der Waals surface area contributed by atoms with Crippen molar-refractivity contribution in [3.63, 3.8) is 0 Å². The summed E-state index contributed by atoms with van der Waals surface area (Å²) < 4.78 is 25.1. The van der Waals surface area contributed by atoms with Crippen LogP contribution in [0.3, 0.4) is 0 Å². The molecule has 1 aromatic heterocycles. The van der Waals surface area contributed by atoms with Gasteiger partial charge in [0.15, 0.2) is 15.6 Å². The quantitative estimate of drug-likeness (QED) is 0.408. The number of nitrogens with zero attached hydrogens (tertiary/aromatic N) is 1. The van der Waals surface area contributed by atoms with E-state index in [4.69, 9.17) is 34.8 Å². The number of Topliss-reactive ketones (excluding diaryl/α,β-unsaturated/α-hetero) is 1. The maximum atomic E-state index is 12.9. The molecule has 2 amide bonds. The molecule has 33 heavy (non-hydrogen) atoms. The lowest BCUT2D eigenvalue weighted by Crippen LogP contribution is -2.42. The third-order valence-electron chi connectivity index (χ3n) is 4.96. The Morgan fingerprint density at radius 3 is 2.42 bits per heavy atom. The standard InChI is InChI=1S/C22H14Cl3NO5S2/c23-14-3-2-13-9-20(28)26(22(29)16(13)10-14)18-4-1-12(8-17(18)24)7-15(27)11-33(30,31)21-6-5-19(25)32-21/h1-6,8,10H,7,9,11H2. The number of hydrogen-bond donors (Lipinski definition) is 0. The number of anilines is 1. The van der Waals surface area contributed by atoms with Crippen LogP contribution in [0.15, 0.2) is 52.7 Å². The highest BCUT2D eigenvalue weighted by Crippen LogP contribution is 2.33. The number of sulfone groups is 1. The normalized spacial score (nSPS) is 13.8. The van der Waals surface area contributed by atoms with Crippen LogP contribution in [0.2, 0.25) is 14.4 Å². The van der Waals surface area contributed by atoms with Gasteiger partial charge in [0.05, 0.1) is 21.5 Å². The molecule has 1 aliphatic rings. The van der Waals surface area contributed by atoms with Gasteiger partial charge < -0.3 is 0 Å². The van der Waals surface area contributed by atoms with Crippen LogP contribution in [-0.4, -0.2) is 31.8 Å². The summed E-state index contributed by atoms with van der Waals surface area (Å²) in [6.07, 6.45) is -0.169. The fourth-order valence-electron chi connectivity index (χ4n) is 3.49. The van der Waals surface area contributed by atoms with E-state index >= 15 is 0 Å². The third-order valence-corrected chi connectivity index (χ3v) is 8.98. The van der Waals surface area contributed by atoms with Crippen molar-refractivity contribution in [2.75, 3.05) is 10.7 Å². The highest BCUT2D eigenvalue weighted by atomic mass is 35.5. The van der Waals surface area contributed by atoms with Crippen LogP contribution in [0.1, 0.15) is 21.5 Å². The first-order valence-corrected chi connectivity index (χ1v) is 13.1. The topological polar surface area (TPSA) is 88.6 Å². The number of amides is 2. The molecule has 0 spiro atoms. The Hall–Kier alpha value is -2.23. The highest BCUT2D eigenvalue weighted by molar-refractivity contribution is 7.94. The molecule has 0 radical (unpaired) electrons. The fraction of sp³-hybridized carbons (Fsp3) is 0.136. The Morgan fingerprint density at radius 1 is 1.00 bits per heavy atom. The number of fused-ring (bicyclic) bond motifs is 1. The van der Waals surface area contributed by atoms with E-state index in [2.05, 4.69) is 0 Å². The molecule has 0 saturated carbocycles. The van der Waals surface area contributed by atoms with Crippen LogP contribution in [0.5, 0.6) is 0 Å². The SMILES string of the molecule is O=C(Cc1ccc(N2C(=O)Cc3ccc(Cl)cc3C2=O)c(Cl)c1)CS(=O)(=O)c1ccc(Cl)s1. The average molecular weight is 543 g/mol. The summed E-state index contributed by atoms with van der Waals surface area (Å²) in [4.78, 5) is 39.0. The molecule has 6 nitrogen and oxygen atoms in total. The molecule has 0 unspecified atom stereocenters. The molecule has 0 N–H and O–H groups in total. The predicted molar refractivity (Wildman–Crippen MR) is 129 cm³/mol. The van der Waals surface area contributed by atoms with Crippen LogP contribution in [0.4, 0.5) is 5.69 Å². The van der Waals surface area contributed by atoms with Crippen molar-refractivity contribution in [2.24, 2.45) is 0 Å². The fourth-order valence-corrected chi connectivity index (χ4v) is 6.76. The summed E-state index contributed by atoms with van der Waals surface area (Å²) in [5, 5.41) is 0.455. The van der Waals surface area contributed by atoms with Crippen LogP contribution < -0.4 is 4.90 Å². The van der Waals surface area contributed by atoms with Gasteiger partial charge in [0.25, 0.3) is 5.91 Å². The first-order valence-electron chi connectivity index (χ1n) is 9.49. The zero-order valence-electron chi connectivity index (χ0n) is 16.7. The lowest BCUT2D eigenvalue weighted by atomic mass is 9.97. The summed E-state index contributed by atoms with van der Waals surface area (Å²) in [5.41, 5.74) is 1.52. The Balaban J connectivity index is 1.53. The number of halogens is 3. The van der Waals surface area contributed by atoms with Gasteiger partial charge in [-0.1, -0.05) is 46.9 Å². The third kappa shape index (κ3) is 5.00. The minimum absolute atomic E-state index is 0.0133. The lowest BCUT2D eigenvalue weighted by molar-refractivity contribution is -0.118. The van der Waals surface area contributed by atoms with Gasteiger partial charge in [-0.2, -0.15) is 0 Å². The maximum absolute atomic E-state index is 12.9. The molecule has 1 aliphatic heterocycles. The van der Waals surface area contributed by atoms with E-state index in [0.717, 1.165) is 16.2 Å². The molecule has 0 atom stereocenters. The van der Waals surface area contributed by atoms with Crippen molar-refractivity contribution in [2.45, 2.75) is 17.1 Å². The average Bonchev–Trinajstić information content (AvgIpc) is 3.17. The molecule has 170 valence electrons. The molecular weight excluding hydrogens is 529 g/mol. The Bertz CT molecular complexity index is 1420. The van der Waals surface area contributed by atoms with Crippen LogP contribution >= 0.6 is 46.1 Å². The molecule has 11 heteroatoms. The van der Waals surface area contributed by atoms with Crippen LogP contribution in [0.25, 0.3) is 0 Å². The van der Waals surface area contributed by atoms with E-state index in [9.17, 15) is 22.8 Å². The minimum atomic E-state index is -3.80. The van der Waals surface area contributed by atoms with Gasteiger partial charge in [-0.25, -0.2) is 13.3 Å². The number of imide groups is 1. The summed E-state index contributed by atoms with van der Waals surface area (Å²) >= 11 is 19.0. The zero-order valence-corrected chi connectivity index (χ0v) is 20.6. The van der Waals surface area contributed by atoms with Gasteiger partial charge in [0.1, 0.15) is 9.96 Å². The summed E-state index contributed by atoms with van der Waals surface area (Å²) in [5.74, 6) is -2.20. The van der Waals surface area contributed by atoms with Gasteiger partial charge in [0, 0.05) is 17.0 Å². The molecule has 0 fully saturated rings. The van der Waals surface area contributed by atoms with Gasteiger partial charge in [-0.3, -0.25) is 14.4 Å². The first-order chi connectivity index (χ1) is 15.5. The second-order valence-corrected chi connectivity index (χ2v) is 12.1. The van der Waals surface area contributed by atoms with Crippen molar-refractivity contribution in [1.82, 2.24) is 0 Å². The molecule has 0 saturated heterocycles. The van der Waals surface area contributed by atoms with Gasteiger partial charge >= 0.3 is 0 Å². The van der Waals surface area contributed by atoms with E-state index in [1.165, 1.54) is 36.4 Å². The van der Waals surface area contributed by atoms with Crippen molar-refractivity contribution in [1.29, 1.82) is 0 Å². The Morgan fingerprint density at radius 2 is 1.76 bits per heavy atom. The number of hydrogen-bond acceptors (Lipinski definition) is 6. The number of carbonyl (C=O) groups is 3. The first kappa shape index (κ1) is 23.9. The van der Waals surface area contributed by atoms with Gasteiger partial charge in [-0.15, -0.1) is 11.3 Å². The van der Waals surface area contributed by atoms with Gasteiger partial charge in [-0.05, 0) is 47.5 Å². The maximum Gasteiger partial charge on any atom is 0.265 e. The minimum Gasteiger partial charge on any atom is -0.298 e. The monoisotopic (exact) mass is 541 g/mol. The van der Waals surface area contributed by atoms with Crippen LogP contribution in [-0.2, 0) is 32.3 Å². The Kier molecular flexibility index (Phi) is 6.66. The van der Waals surface area contributed by atoms with E-state index in [0.29, 0.717) is 26.0 Å². The van der Waals surface area contributed by atoms with Crippen molar-refractivity contribution >= 4 is 79.3 Å². The zero-order chi connectivity index (χ0) is 23.9. The van der Waals surface area contributed by atoms with E-state index < -0.39 is 33.2 Å². The summed E-state index contributed by atoms with van der Waals surface area (Å²) in [7, 11) is -3.80. The van der Waals surface area contributed by atoms with Crippen molar-refractivity contribution in [3.05, 3.63) is 79.6 Å². The molecule has 3 aromatic rings. The van der Waals surface area contributed by atoms with Gasteiger partial charge in [0.2, 0.25) is 5.91 Å². The number of thiophene rings is 1. The molecule has 2 heterocycles. The van der Waals surface area contributed by atoms with Crippen molar-refractivity contribution < 1.29 is 22.8 Å². The number of rotatable bonds is 6. The van der Waals surface area contributed by atoms with E-state index in [1.54, 1.807) is 12.1 Å². The second kappa shape index (κ2) is 9.19.